The molecule has 0 aliphatic heterocycles. The van der Waals surface area contributed by atoms with Crippen LogP contribution in [-0.4, -0.2) is 56.1 Å². The lowest BCUT2D eigenvalue weighted by Gasteiger charge is -2.34. The van der Waals surface area contributed by atoms with Crippen LogP contribution < -0.4 is 0 Å². The van der Waals surface area contributed by atoms with E-state index in [0.717, 1.165) is 6.54 Å². The lowest BCUT2D eigenvalue weighted by atomic mass is 9.91. The van der Waals surface area contributed by atoms with Crippen molar-refractivity contribution in [3.05, 3.63) is 36.4 Å². The number of carboxylic acid groups (broad SMARTS) is 1. The highest BCUT2D eigenvalue weighted by Gasteiger charge is 2.35. The molecule has 0 saturated heterocycles. The van der Waals surface area contributed by atoms with Gasteiger partial charge in [0, 0.05) is 44.4 Å². The Hall–Kier alpha value is -2.35. The molecule has 0 atom stereocenters. The van der Waals surface area contributed by atoms with Crippen molar-refractivity contribution in [2.45, 2.75) is 44.2 Å². The number of pyridine rings is 1. The molecule has 1 fully saturated rings. The summed E-state index contributed by atoms with van der Waals surface area (Å²) >= 11 is 0. The van der Waals surface area contributed by atoms with E-state index >= 15 is 0 Å². The van der Waals surface area contributed by atoms with Crippen LogP contribution in [0, 0.1) is 0 Å². The summed E-state index contributed by atoms with van der Waals surface area (Å²) in [6, 6.07) is 3.11. The van der Waals surface area contributed by atoms with E-state index in [1.165, 1.54) is 18.3 Å². The van der Waals surface area contributed by atoms with Crippen LogP contribution in [0.1, 0.15) is 36.0 Å². The van der Waals surface area contributed by atoms with Gasteiger partial charge in [0.1, 0.15) is 5.69 Å². The highest BCUT2D eigenvalue weighted by atomic mass is 19.3. The first-order valence-corrected chi connectivity index (χ1v) is 8.64. The largest absolute Gasteiger partial charge is 0.478 e. The predicted molar refractivity (Wildman–Crippen MR) is 92.3 cm³/mol. The minimum Gasteiger partial charge on any atom is -0.478 e. The summed E-state index contributed by atoms with van der Waals surface area (Å²) in [5, 5.41) is 9.06. The maximum absolute atomic E-state index is 13.3. The van der Waals surface area contributed by atoms with Gasteiger partial charge in [0.25, 0.3) is 0 Å². The highest BCUT2D eigenvalue weighted by Crippen LogP contribution is 2.34. The highest BCUT2D eigenvalue weighted by molar-refractivity contribution is 5.88. The SMILES string of the molecule is CN(CCn1cnc(-c2cc(C(=O)O)ccn2)c1)C1CCC(F)(F)CC1. The van der Waals surface area contributed by atoms with Crippen molar-refractivity contribution in [3.8, 4) is 11.4 Å². The minimum absolute atomic E-state index is 0.0389. The summed E-state index contributed by atoms with van der Waals surface area (Å²) in [5.41, 5.74) is 1.28. The number of carbonyl (C=O) groups is 1. The Bertz CT molecular complexity index is 768. The zero-order chi connectivity index (χ0) is 18.7. The first kappa shape index (κ1) is 18.4. The summed E-state index contributed by atoms with van der Waals surface area (Å²) in [4.78, 5) is 21.6. The molecule has 1 aliphatic rings. The summed E-state index contributed by atoms with van der Waals surface area (Å²) < 4.78 is 28.4. The molecule has 1 saturated carbocycles. The second-order valence-electron chi connectivity index (χ2n) is 6.80. The summed E-state index contributed by atoms with van der Waals surface area (Å²) in [7, 11) is 1.96. The van der Waals surface area contributed by atoms with E-state index in [0.29, 0.717) is 30.8 Å². The number of hydrogen-bond acceptors (Lipinski definition) is 4. The molecule has 140 valence electrons. The molecule has 0 unspecified atom stereocenters. The van der Waals surface area contributed by atoms with E-state index in [4.69, 9.17) is 5.11 Å². The quantitative estimate of drug-likeness (QED) is 0.853. The Morgan fingerprint density at radius 1 is 1.35 bits per heavy atom. The maximum atomic E-state index is 13.3. The van der Waals surface area contributed by atoms with Crippen LogP contribution in [0.2, 0.25) is 0 Å². The van der Waals surface area contributed by atoms with Crippen molar-refractivity contribution in [2.24, 2.45) is 0 Å². The van der Waals surface area contributed by atoms with Crippen LogP contribution in [0.4, 0.5) is 8.78 Å². The Morgan fingerprint density at radius 3 is 2.77 bits per heavy atom. The van der Waals surface area contributed by atoms with Gasteiger partial charge in [0.15, 0.2) is 0 Å². The van der Waals surface area contributed by atoms with Gasteiger partial charge in [-0.05, 0) is 32.0 Å². The molecule has 26 heavy (non-hydrogen) atoms. The van der Waals surface area contributed by atoms with Gasteiger partial charge in [-0.15, -0.1) is 0 Å². The van der Waals surface area contributed by atoms with Gasteiger partial charge in [0.2, 0.25) is 5.92 Å². The molecule has 0 amide bonds. The molecule has 3 rings (SSSR count). The van der Waals surface area contributed by atoms with E-state index in [2.05, 4.69) is 14.9 Å². The summed E-state index contributed by atoms with van der Waals surface area (Å²) in [5.74, 6) is -3.51. The molecule has 1 aliphatic carbocycles. The Balaban J connectivity index is 1.57. The molecule has 6 nitrogen and oxygen atoms in total. The molecule has 2 heterocycles. The third-order valence-electron chi connectivity index (χ3n) is 4.92. The van der Waals surface area contributed by atoms with Gasteiger partial charge >= 0.3 is 5.97 Å². The molecule has 8 heteroatoms. The Kier molecular flexibility index (Phi) is 5.31. The average molecular weight is 364 g/mol. The van der Waals surface area contributed by atoms with Gasteiger partial charge in [-0.25, -0.2) is 18.6 Å². The van der Waals surface area contributed by atoms with E-state index in [1.54, 1.807) is 6.33 Å². The number of alkyl halides is 2. The zero-order valence-corrected chi connectivity index (χ0v) is 14.6. The molecule has 2 aromatic rings. The first-order chi connectivity index (χ1) is 12.3. The van der Waals surface area contributed by atoms with Crippen LogP contribution in [0.15, 0.2) is 30.9 Å². The fourth-order valence-electron chi connectivity index (χ4n) is 3.24. The second kappa shape index (κ2) is 7.49. The fraction of sp³-hybridized carbons (Fsp3) is 0.500. The first-order valence-electron chi connectivity index (χ1n) is 8.64. The number of likely N-dealkylation sites (N-methyl/N-ethyl adjacent to an activating group) is 1. The lowest BCUT2D eigenvalue weighted by Crippen LogP contribution is -2.39. The molecular formula is C18H22F2N4O2. The second-order valence-corrected chi connectivity index (χ2v) is 6.80. The third kappa shape index (κ3) is 4.43. The van der Waals surface area contributed by atoms with Crippen LogP contribution in [0.5, 0.6) is 0 Å². The standard InChI is InChI=1S/C18H22F2N4O2/c1-23(14-2-5-18(19,20)6-3-14)8-9-24-11-16(22-12-24)15-10-13(17(25)26)4-7-21-15/h4,7,10-12,14H,2-3,5-6,8-9H2,1H3,(H,25,26). The molecule has 0 spiro atoms. The van der Waals surface area contributed by atoms with E-state index in [-0.39, 0.29) is 24.4 Å². The van der Waals surface area contributed by atoms with E-state index in [1.807, 2.05) is 17.8 Å². The average Bonchev–Trinajstić information content (AvgIpc) is 3.09. The Morgan fingerprint density at radius 2 is 2.08 bits per heavy atom. The normalized spacial score (nSPS) is 17.5. The van der Waals surface area contributed by atoms with Crippen molar-refractivity contribution in [1.29, 1.82) is 0 Å². The van der Waals surface area contributed by atoms with Gasteiger partial charge in [-0.3, -0.25) is 4.98 Å². The number of hydrogen-bond donors (Lipinski definition) is 1. The van der Waals surface area contributed by atoms with Gasteiger partial charge in [-0.2, -0.15) is 0 Å². The van der Waals surface area contributed by atoms with Crippen LogP contribution >= 0.6 is 0 Å². The van der Waals surface area contributed by atoms with Gasteiger partial charge < -0.3 is 14.6 Å². The van der Waals surface area contributed by atoms with Crippen LogP contribution in [0.3, 0.4) is 0 Å². The number of imidazole rings is 1. The number of aromatic carboxylic acids is 1. The summed E-state index contributed by atoms with van der Waals surface area (Å²) in [6.07, 6.45) is 5.90. The predicted octanol–water partition coefficient (Wildman–Crippen LogP) is 3.15. The Labute approximate surface area is 150 Å². The van der Waals surface area contributed by atoms with Crippen LogP contribution in [-0.2, 0) is 6.54 Å². The number of nitrogens with zero attached hydrogens (tertiary/aromatic N) is 4. The minimum atomic E-state index is -2.51. The number of rotatable bonds is 6. The topological polar surface area (TPSA) is 71.2 Å². The van der Waals surface area contributed by atoms with Crippen molar-refractivity contribution < 1.29 is 18.7 Å². The van der Waals surface area contributed by atoms with E-state index < -0.39 is 11.9 Å². The lowest BCUT2D eigenvalue weighted by molar-refractivity contribution is -0.0514. The molecule has 0 aromatic carbocycles. The third-order valence-corrected chi connectivity index (χ3v) is 4.92. The number of carboxylic acids is 1. The maximum Gasteiger partial charge on any atom is 0.335 e. The van der Waals surface area contributed by atoms with Crippen molar-refractivity contribution in [3.63, 3.8) is 0 Å². The molecule has 1 N–H and O–H groups in total. The van der Waals surface area contributed by atoms with Crippen molar-refractivity contribution in [1.82, 2.24) is 19.4 Å². The fourth-order valence-corrected chi connectivity index (χ4v) is 3.24. The van der Waals surface area contributed by atoms with Crippen LogP contribution in [0.25, 0.3) is 11.4 Å². The van der Waals surface area contributed by atoms with Gasteiger partial charge in [-0.1, -0.05) is 0 Å². The number of aromatic nitrogens is 3. The number of halogens is 2. The summed E-state index contributed by atoms with van der Waals surface area (Å²) in [6.45, 7) is 1.41. The zero-order valence-electron chi connectivity index (χ0n) is 14.6. The van der Waals surface area contributed by atoms with Gasteiger partial charge in [0.05, 0.1) is 17.6 Å². The smallest absolute Gasteiger partial charge is 0.335 e. The molecule has 0 bridgehead atoms. The molecular weight excluding hydrogens is 342 g/mol. The molecule has 2 aromatic heterocycles. The monoisotopic (exact) mass is 364 g/mol. The van der Waals surface area contributed by atoms with E-state index in [9.17, 15) is 13.6 Å². The van der Waals surface area contributed by atoms with Crippen molar-refractivity contribution >= 4 is 5.97 Å². The molecule has 0 radical (unpaired) electrons. The van der Waals surface area contributed by atoms with Crippen molar-refractivity contribution in [2.75, 3.05) is 13.6 Å².